The molecule has 0 amide bonds. The van der Waals surface area contributed by atoms with Crippen molar-refractivity contribution in [1.82, 2.24) is 4.72 Å². The van der Waals surface area contributed by atoms with E-state index >= 15 is 0 Å². The zero-order chi connectivity index (χ0) is 14.8. The first kappa shape index (κ1) is 15.4. The number of nitrogens with one attached hydrogen (secondary N) is 1. The standard InChI is InChI=1S/C14H21NO4S/c1-11(16)12-5-3-6-13(9-12)20(17,18)15-10-14(19-2)7-4-8-14/h3,5-6,9,11,15-16H,4,7-8,10H2,1-2H3. The number of ether oxygens (including phenoxy) is 1. The highest BCUT2D eigenvalue weighted by atomic mass is 32.2. The molecule has 0 aliphatic heterocycles. The van der Waals surface area contributed by atoms with E-state index in [4.69, 9.17) is 4.74 Å². The molecule has 1 fully saturated rings. The lowest BCUT2D eigenvalue weighted by Crippen LogP contribution is -2.49. The van der Waals surface area contributed by atoms with Gasteiger partial charge in [0.2, 0.25) is 10.0 Å². The number of rotatable bonds is 6. The summed E-state index contributed by atoms with van der Waals surface area (Å²) in [5.74, 6) is 0. The van der Waals surface area contributed by atoms with E-state index in [1.807, 2.05) is 0 Å². The minimum absolute atomic E-state index is 0.168. The van der Waals surface area contributed by atoms with Crippen LogP contribution in [0.1, 0.15) is 37.9 Å². The van der Waals surface area contributed by atoms with Crippen molar-refractivity contribution < 1.29 is 18.3 Å². The van der Waals surface area contributed by atoms with E-state index in [9.17, 15) is 13.5 Å². The monoisotopic (exact) mass is 299 g/mol. The molecule has 0 saturated heterocycles. The van der Waals surface area contributed by atoms with E-state index in [0.29, 0.717) is 5.56 Å². The van der Waals surface area contributed by atoms with Crippen molar-refractivity contribution in [3.05, 3.63) is 29.8 Å². The maximum absolute atomic E-state index is 12.3. The first-order valence-electron chi connectivity index (χ1n) is 6.71. The third-order valence-corrected chi connectivity index (χ3v) is 5.33. The van der Waals surface area contributed by atoms with Gasteiger partial charge in [-0.15, -0.1) is 0 Å². The summed E-state index contributed by atoms with van der Waals surface area (Å²) in [5.41, 5.74) is 0.229. The second kappa shape index (κ2) is 5.81. The van der Waals surface area contributed by atoms with Crippen molar-refractivity contribution in [2.45, 2.75) is 42.8 Å². The summed E-state index contributed by atoms with van der Waals surface area (Å²) in [6.07, 6.45) is 2.12. The summed E-state index contributed by atoms with van der Waals surface area (Å²) in [6.45, 7) is 1.89. The topological polar surface area (TPSA) is 75.6 Å². The molecule has 1 aliphatic carbocycles. The number of hydrogen-bond acceptors (Lipinski definition) is 4. The zero-order valence-corrected chi connectivity index (χ0v) is 12.6. The second-order valence-corrected chi connectivity index (χ2v) is 7.08. The zero-order valence-electron chi connectivity index (χ0n) is 11.8. The molecule has 1 atom stereocenters. The van der Waals surface area contributed by atoms with Gasteiger partial charge in [-0.05, 0) is 43.9 Å². The van der Waals surface area contributed by atoms with Gasteiger partial charge >= 0.3 is 0 Å². The molecule has 5 nitrogen and oxygen atoms in total. The Labute approximate surface area is 120 Å². The summed E-state index contributed by atoms with van der Waals surface area (Å²) in [5, 5.41) is 9.52. The molecule has 1 aliphatic rings. The Bertz CT molecular complexity index is 559. The molecule has 1 unspecified atom stereocenters. The number of sulfonamides is 1. The molecular formula is C14H21NO4S. The molecule has 0 bridgehead atoms. The number of hydrogen-bond donors (Lipinski definition) is 2. The fraction of sp³-hybridized carbons (Fsp3) is 0.571. The lowest BCUT2D eigenvalue weighted by atomic mass is 9.80. The summed E-state index contributed by atoms with van der Waals surface area (Å²) in [4.78, 5) is 0.168. The van der Waals surface area contributed by atoms with Crippen LogP contribution in [-0.2, 0) is 14.8 Å². The molecule has 2 N–H and O–H groups in total. The quantitative estimate of drug-likeness (QED) is 0.836. The van der Waals surface area contributed by atoms with E-state index in [-0.39, 0.29) is 17.0 Å². The van der Waals surface area contributed by atoms with Crippen molar-refractivity contribution in [2.24, 2.45) is 0 Å². The largest absolute Gasteiger partial charge is 0.389 e. The van der Waals surface area contributed by atoms with Crippen LogP contribution >= 0.6 is 0 Å². The lowest BCUT2D eigenvalue weighted by Gasteiger charge is -2.40. The van der Waals surface area contributed by atoms with Gasteiger partial charge in [-0.2, -0.15) is 0 Å². The van der Waals surface area contributed by atoms with Crippen LogP contribution in [0.2, 0.25) is 0 Å². The van der Waals surface area contributed by atoms with Gasteiger partial charge in [0.25, 0.3) is 0 Å². The molecule has 1 saturated carbocycles. The Hall–Kier alpha value is -0.950. The number of aliphatic hydroxyl groups excluding tert-OH is 1. The van der Waals surface area contributed by atoms with Crippen molar-refractivity contribution >= 4 is 10.0 Å². The van der Waals surface area contributed by atoms with Gasteiger partial charge in [-0.3, -0.25) is 0 Å². The molecule has 0 aromatic heterocycles. The van der Waals surface area contributed by atoms with E-state index in [2.05, 4.69) is 4.72 Å². The fourth-order valence-electron chi connectivity index (χ4n) is 2.28. The average Bonchev–Trinajstić information content (AvgIpc) is 2.38. The summed E-state index contributed by atoms with van der Waals surface area (Å²) in [6, 6.07) is 6.35. The SMILES string of the molecule is COC1(CNS(=O)(=O)c2cccc(C(C)O)c2)CCC1. The molecule has 2 rings (SSSR count). The Morgan fingerprint density at radius 2 is 2.15 bits per heavy atom. The molecule has 6 heteroatoms. The number of benzene rings is 1. The minimum Gasteiger partial charge on any atom is -0.389 e. The van der Waals surface area contributed by atoms with Crippen LogP contribution in [0.4, 0.5) is 0 Å². The fourth-order valence-corrected chi connectivity index (χ4v) is 3.44. The van der Waals surface area contributed by atoms with Crippen molar-refractivity contribution in [3.8, 4) is 0 Å². The number of methoxy groups -OCH3 is 1. The summed E-state index contributed by atoms with van der Waals surface area (Å²) >= 11 is 0. The highest BCUT2D eigenvalue weighted by molar-refractivity contribution is 7.89. The first-order valence-corrected chi connectivity index (χ1v) is 8.20. The van der Waals surface area contributed by atoms with Gasteiger partial charge in [-0.25, -0.2) is 13.1 Å². The van der Waals surface area contributed by atoms with Gasteiger partial charge < -0.3 is 9.84 Å². The molecule has 0 radical (unpaired) electrons. The third kappa shape index (κ3) is 3.20. The van der Waals surface area contributed by atoms with Crippen molar-refractivity contribution in [1.29, 1.82) is 0 Å². The average molecular weight is 299 g/mol. The van der Waals surface area contributed by atoms with Gasteiger partial charge in [0, 0.05) is 13.7 Å². The minimum atomic E-state index is -3.58. The molecular weight excluding hydrogens is 278 g/mol. The predicted octanol–water partition coefficient (Wildman–Crippen LogP) is 1.59. The Morgan fingerprint density at radius 3 is 2.65 bits per heavy atom. The summed E-state index contributed by atoms with van der Waals surface area (Å²) < 4.78 is 32.5. The Balaban J connectivity index is 2.12. The van der Waals surface area contributed by atoms with E-state index in [0.717, 1.165) is 19.3 Å². The Kier molecular flexibility index (Phi) is 4.49. The lowest BCUT2D eigenvalue weighted by molar-refractivity contribution is -0.0659. The van der Waals surface area contributed by atoms with E-state index < -0.39 is 16.1 Å². The smallest absolute Gasteiger partial charge is 0.240 e. The normalized spacial score (nSPS) is 19.4. The van der Waals surface area contributed by atoms with Crippen LogP contribution in [0.15, 0.2) is 29.2 Å². The third-order valence-electron chi connectivity index (χ3n) is 3.93. The highest BCUT2D eigenvalue weighted by Crippen LogP contribution is 2.34. The Morgan fingerprint density at radius 1 is 1.45 bits per heavy atom. The molecule has 1 aromatic rings. The van der Waals surface area contributed by atoms with Crippen molar-refractivity contribution in [3.63, 3.8) is 0 Å². The predicted molar refractivity (Wildman–Crippen MR) is 75.9 cm³/mol. The summed E-state index contributed by atoms with van der Waals surface area (Å²) in [7, 11) is -1.96. The van der Waals surface area contributed by atoms with Crippen LogP contribution in [0.5, 0.6) is 0 Å². The van der Waals surface area contributed by atoms with Gasteiger partial charge in [0.15, 0.2) is 0 Å². The highest BCUT2D eigenvalue weighted by Gasteiger charge is 2.38. The van der Waals surface area contributed by atoms with Gasteiger partial charge in [0.05, 0.1) is 16.6 Å². The maximum atomic E-state index is 12.3. The molecule has 0 heterocycles. The molecule has 0 spiro atoms. The number of aliphatic hydroxyl groups is 1. The molecule has 20 heavy (non-hydrogen) atoms. The van der Waals surface area contributed by atoms with Crippen LogP contribution in [0.3, 0.4) is 0 Å². The van der Waals surface area contributed by atoms with Gasteiger partial charge in [-0.1, -0.05) is 12.1 Å². The van der Waals surface area contributed by atoms with E-state index in [1.165, 1.54) is 12.1 Å². The van der Waals surface area contributed by atoms with Crippen LogP contribution in [-0.4, -0.2) is 32.8 Å². The van der Waals surface area contributed by atoms with Crippen LogP contribution in [0.25, 0.3) is 0 Å². The molecule has 112 valence electrons. The van der Waals surface area contributed by atoms with E-state index in [1.54, 1.807) is 26.2 Å². The first-order chi connectivity index (χ1) is 9.38. The van der Waals surface area contributed by atoms with Crippen LogP contribution in [0, 0.1) is 0 Å². The second-order valence-electron chi connectivity index (χ2n) is 5.31. The molecule has 1 aromatic carbocycles. The van der Waals surface area contributed by atoms with Gasteiger partial charge in [0.1, 0.15) is 0 Å². The van der Waals surface area contributed by atoms with Crippen molar-refractivity contribution in [2.75, 3.05) is 13.7 Å². The maximum Gasteiger partial charge on any atom is 0.240 e. The van der Waals surface area contributed by atoms with Crippen LogP contribution < -0.4 is 4.72 Å².